The molecule has 12 nitrogen and oxygen atoms in total. The van der Waals surface area contributed by atoms with Gasteiger partial charge in [0.2, 0.25) is 11.8 Å². The number of hydrogen-bond donors (Lipinski definition) is 1. The smallest absolute Gasteiger partial charge is 0.332 e. The Morgan fingerprint density at radius 2 is 2.00 bits per heavy atom. The van der Waals surface area contributed by atoms with Crippen LogP contribution in [-0.4, -0.2) is 99.5 Å². The predicted octanol–water partition coefficient (Wildman–Crippen LogP) is -0.327. The van der Waals surface area contributed by atoms with Crippen LogP contribution < -0.4 is 5.32 Å². The number of amides is 5. The number of nitrogens with zero attached hydrogens (tertiary/aromatic N) is 6. The van der Waals surface area contributed by atoms with Gasteiger partial charge in [0.25, 0.3) is 5.91 Å². The summed E-state index contributed by atoms with van der Waals surface area (Å²) in [5.41, 5.74) is 0.695. The first-order chi connectivity index (χ1) is 15.3. The van der Waals surface area contributed by atoms with Gasteiger partial charge in [0.05, 0.1) is 13.1 Å². The number of amidine groups is 1. The van der Waals surface area contributed by atoms with Crippen molar-refractivity contribution in [2.45, 2.75) is 13.8 Å². The number of aliphatic imine (C=N–C) groups is 1. The lowest BCUT2D eigenvalue weighted by Crippen LogP contribution is -2.63. The molecule has 0 saturated carbocycles. The zero-order valence-corrected chi connectivity index (χ0v) is 18.1. The molecule has 4 heterocycles. The molecule has 0 radical (unpaired) electrons. The summed E-state index contributed by atoms with van der Waals surface area (Å²) in [5.74, 6) is -0.859. The van der Waals surface area contributed by atoms with Gasteiger partial charge in [-0.15, -0.1) is 0 Å². The molecule has 12 heteroatoms. The monoisotopic (exact) mass is 442 g/mol. The standard InChI is InChI=1S/C20H23N7O5/c1-12-10-15(23-32-12)22-16(29)11-27-19(30)17-14(4-5-21-18(17)24(3)20(27)31)26-8-6-25(7-9-26)13(2)28/h4-5,10,17H,6-9,11H2,1-3H3/p+1. The number of aryl methyl sites for hydroxylation is 1. The maximum absolute atomic E-state index is 13.4. The Kier molecular flexibility index (Phi) is 5.59. The summed E-state index contributed by atoms with van der Waals surface area (Å²) in [4.78, 5) is 58.5. The van der Waals surface area contributed by atoms with E-state index in [1.807, 2.05) is 4.58 Å². The van der Waals surface area contributed by atoms with Crippen LogP contribution >= 0.6 is 0 Å². The van der Waals surface area contributed by atoms with Crippen molar-refractivity contribution in [3.8, 4) is 0 Å². The molecule has 2 saturated heterocycles. The molecular weight excluding hydrogens is 418 g/mol. The summed E-state index contributed by atoms with van der Waals surface area (Å²) in [7, 11) is 1.52. The largest absolute Gasteiger partial charge is 0.360 e. The van der Waals surface area contributed by atoms with Crippen molar-refractivity contribution in [1.82, 2.24) is 19.9 Å². The third-order valence-corrected chi connectivity index (χ3v) is 5.67. The van der Waals surface area contributed by atoms with Crippen LogP contribution in [0.25, 0.3) is 0 Å². The average Bonchev–Trinajstić information content (AvgIpc) is 3.19. The lowest BCUT2D eigenvalue weighted by atomic mass is 9.94. The normalized spacial score (nSPS) is 21.0. The molecule has 5 amide bonds. The fourth-order valence-electron chi connectivity index (χ4n) is 4.00. The molecule has 1 unspecified atom stereocenters. The van der Waals surface area contributed by atoms with Crippen molar-refractivity contribution in [3.05, 3.63) is 24.1 Å². The quantitative estimate of drug-likeness (QED) is 0.638. The summed E-state index contributed by atoms with van der Waals surface area (Å²) in [6, 6.07) is 0.903. The Bertz CT molecular complexity index is 1080. The third-order valence-electron chi connectivity index (χ3n) is 5.67. The van der Waals surface area contributed by atoms with E-state index in [4.69, 9.17) is 4.52 Å². The molecule has 4 rings (SSSR count). The number of anilines is 1. The van der Waals surface area contributed by atoms with Gasteiger partial charge in [0, 0.05) is 32.3 Å². The van der Waals surface area contributed by atoms with E-state index in [9.17, 15) is 19.2 Å². The fraction of sp³-hybridized carbons (Fsp3) is 0.450. The van der Waals surface area contributed by atoms with E-state index < -0.39 is 30.3 Å². The summed E-state index contributed by atoms with van der Waals surface area (Å²) < 4.78 is 6.93. The highest BCUT2D eigenvalue weighted by Crippen LogP contribution is 2.23. The highest BCUT2D eigenvalue weighted by Gasteiger charge is 2.49. The summed E-state index contributed by atoms with van der Waals surface area (Å²) >= 11 is 0. The molecule has 3 aliphatic heterocycles. The lowest BCUT2D eigenvalue weighted by Gasteiger charge is -2.37. The highest BCUT2D eigenvalue weighted by molar-refractivity contribution is 6.31. The van der Waals surface area contributed by atoms with Gasteiger partial charge in [0.1, 0.15) is 18.1 Å². The van der Waals surface area contributed by atoms with Crippen LogP contribution in [0.3, 0.4) is 0 Å². The van der Waals surface area contributed by atoms with Gasteiger partial charge in [0.15, 0.2) is 30.5 Å². The van der Waals surface area contributed by atoms with Gasteiger partial charge in [-0.25, -0.2) is 14.4 Å². The minimum absolute atomic E-state index is 0.00894. The second-order valence-corrected chi connectivity index (χ2v) is 7.79. The molecule has 2 fully saturated rings. The zero-order valence-electron chi connectivity index (χ0n) is 18.1. The minimum Gasteiger partial charge on any atom is -0.360 e. The maximum atomic E-state index is 13.4. The number of fused-ring (bicyclic) bond motifs is 1. The van der Waals surface area contributed by atoms with Crippen molar-refractivity contribution in [2.75, 3.05) is 45.1 Å². The number of carbonyl (C=O) groups excluding carboxylic acids is 4. The molecule has 3 aliphatic rings. The first-order valence-corrected chi connectivity index (χ1v) is 10.2. The SMILES string of the molecule is CC(=O)N1CC[N+](=C2C=CN=C3C2C(=O)N(CC(=O)Nc2cc(C)on2)C(=O)N3C)CC1. The Morgan fingerprint density at radius 1 is 1.28 bits per heavy atom. The molecule has 0 aromatic carbocycles. The Balaban J connectivity index is 1.56. The van der Waals surface area contributed by atoms with Crippen molar-refractivity contribution in [1.29, 1.82) is 0 Å². The number of urea groups is 1. The van der Waals surface area contributed by atoms with Crippen LogP contribution in [0, 0.1) is 12.8 Å². The van der Waals surface area contributed by atoms with Crippen molar-refractivity contribution >= 4 is 41.1 Å². The highest BCUT2D eigenvalue weighted by atomic mass is 16.5. The Morgan fingerprint density at radius 3 is 2.62 bits per heavy atom. The molecule has 168 valence electrons. The van der Waals surface area contributed by atoms with E-state index >= 15 is 0 Å². The molecule has 1 aromatic heterocycles. The lowest BCUT2D eigenvalue weighted by molar-refractivity contribution is -0.538. The van der Waals surface area contributed by atoms with E-state index in [1.54, 1.807) is 24.1 Å². The number of allylic oxidation sites excluding steroid dienone is 1. The van der Waals surface area contributed by atoms with Crippen LogP contribution in [-0.2, 0) is 14.4 Å². The number of piperazine rings is 1. The fourth-order valence-corrected chi connectivity index (χ4v) is 4.00. The van der Waals surface area contributed by atoms with Crippen LogP contribution in [0.5, 0.6) is 0 Å². The van der Waals surface area contributed by atoms with Gasteiger partial charge < -0.3 is 14.7 Å². The number of rotatable bonds is 3. The van der Waals surface area contributed by atoms with Gasteiger partial charge in [-0.1, -0.05) is 5.16 Å². The van der Waals surface area contributed by atoms with E-state index in [2.05, 4.69) is 15.5 Å². The van der Waals surface area contributed by atoms with E-state index in [-0.39, 0.29) is 11.7 Å². The van der Waals surface area contributed by atoms with E-state index in [0.717, 1.165) is 4.90 Å². The molecule has 1 N–H and O–H groups in total. The molecule has 0 bridgehead atoms. The minimum atomic E-state index is -0.811. The average molecular weight is 442 g/mol. The van der Waals surface area contributed by atoms with Gasteiger partial charge in [-0.3, -0.25) is 24.2 Å². The van der Waals surface area contributed by atoms with Crippen molar-refractivity contribution < 1.29 is 28.3 Å². The van der Waals surface area contributed by atoms with E-state index in [1.165, 1.54) is 24.9 Å². The first-order valence-electron chi connectivity index (χ1n) is 10.2. The number of imide groups is 1. The first kappa shape index (κ1) is 21.4. The van der Waals surface area contributed by atoms with Crippen LogP contribution in [0.1, 0.15) is 12.7 Å². The topological polar surface area (TPSA) is 131 Å². The molecule has 0 aliphatic carbocycles. The summed E-state index contributed by atoms with van der Waals surface area (Å²) in [6.07, 6.45) is 3.31. The second kappa shape index (κ2) is 8.36. The van der Waals surface area contributed by atoms with Gasteiger partial charge >= 0.3 is 6.03 Å². The number of nitrogens with one attached hydrogen (secondary N) is 1. The molecular formula is C20H24N7O5+. The number of aromatic nitrogens is 1. The van der Waals surface area contributed by atoms with Crippen LogP contribution in [0.2, 0.25) is 0 Å². The molecule has 1 aromatic rings. The van der Waals surface area contributed by atoms with Crippen molar-refractivity contribution in [2.24, 2.45) is 10.9 Å². The molecule has 0 spiro atoms. The second-order valence-electron chi connectivity index (χ2n) is 7.79. The third kappa shape index (κ3) is 3.90. The molecule has 32 heavy (non-hydrogen) atoms. The van der Waals surface area contributed by atoms with E-state index in [0.29, 0.717) is 43.5 Å². The number of hydrogen-bond acceptors (Lipinski definition) is 7. The maximum Gasteiger partial charge on any atom is 0.332 e. The van der Waals surface area contributed by atoms with Gasteiger partial charge in [-0.05, 0) is 6.92 Å². The van der Waals surface area contributed by atoms with Crippen LogP contribution in [0.4, 0.5) is 10.6 Å². The summed E-state index contributed by atoms with van der Waals surface area (Å²) in [5, 5.41) is 6.21. The summed E-state index contributed by atoms with van der Waals surface area (Å²) in [6.45, 7) is 4.94. The van der Waals surface area contributed by atoms with Crippen molar-refractivity contribution in [3.63, 3.8) is 0 Å². The van der Waals surface area contributed by atoms with Crippen LogP contribution in [0.15, 0.2) is 27.9 Å². The Labute approximate surface area is 183 Å². The molecule has 1 atom stereocenters. The number of carbonyl (C=O) groups is 4. The van der Waals surface area contributed by atoms with Gasteiger partial charge in [-0.2, -0.15) is 0 Å². The Hall–Kier alpha value is -3.83. The zero-order chi connectivity index (χ0) is 23.0. The predicted molar refractivity (Wildman–Crippen MR) is 112 cm³/mol.